The van der Waals surface area contributed by atoms with Gasteiger partial charge in [0.05, 0.1) is 0 Å². The van der Waals surface area contributed by atoms with Crippen LogP contribution in [-0.4, -0.2) is 29.2 Å². The van der Waals surface area contributed by atoms with E-state index in [2.05, 4.69) is 63.3 Å². The lowest BCUT2D eigenvalue weighted by molar-refractivity contribution is 0.560. The highest BCUT2D eigenvalue weighted by Crippen LogP contribution is 2.21. The molecule has 0 unspecified atom stereocenters. The van der Waals surface area contributed by atoms with Gasteiger partial charge in [-0.3, -0.25) is 0 Å². The lowest BCUT2D eigenvalue weighted by Gasteiger charge is -2.17. The fourth-order valence-electron chi connectivity index (χ4n) is 1.70. The van der Waals surface area contributed by atoms with Gasteiger partial charge in [-0.25, -0.2) is 0 Å². The summed E-state index contributed by atoms with van der Waals surface area (Å²) in [5.41, 5.74) is 2.86. The molecule has 0 heterocycles. The molecule has 0 saturated carbocycles. The predicted octanol–water partition coefficient (Wildman–Crippen LogP) is 1.24. The molecule has 0 aromatic heterocycles. The van der Waals surface area contributed by atoms with Gasteiger partial charge in [0, 0.05) is 30.5 Å². The first kappa shape index (κ1) is 12.0. The van der Waals surface area contributed by atoms with Crippen molar-refractivity contribution >= 4 is 21.0 Å². The lowest BCUT2D eigenvalue weighted by atomic mass is 9.96. The molecule has 1 aromatic rings. The van der Waals surface area contributed by atoms with Gasteiger partial charge in [-0.1, -0.05) is 43.3 Å². The summed E-state index contributed by atoms with van der Waals surface area (Å²) in [4.78, 5) is 2.13. The number of rotatable bonds is 3. The van der Waals surface area contributed by atoms with Crippen LogP contribution in [-0.2, 0) is 0 Å². The average Bonchev–Trinajstić information content (AvgIpc) is 2.15. The molecule has 0 N–H and O–H groups in total. The van der Waals surface area contributed by atoms with Crippen molar-refractivity contribution in [1.82, 2.24) is 4.90 Å². The van der Waals surface area contributed by atoms with Crippen LogP contribution in [0, 0.1) is 5.92 Å². The second-order valence-electron chi connectivity index (χ2n) is 4.52. The Morgan fingerprint density at radius 3 is 2.33 bits per heavy atom. The Kier molecular flexibility index (Phi) is 4.15. The molecule has 82 valence electrons. The summed E-state index contributed by atoms with van der Waals surface area (Å²) in [6.45, 7) is 4.51. The van der Waals surface area contributed by atoms with E-state index in [0.29, 0.717) is 5.92 Å². The average molecular weight is 219 g/mol. The molecule has 2 heteroatoms. The van der Waals surface area contributed by atoms with Crippen LogP contribution in [0.2, 0.25) is 0 Å². The summed E-state index contributed by atoms with van der Waals surface area (Å²) < 4.78 is 0. The Bertz CT molecular complexity index is 353. The van der Waals surface area contributed by atoms with Gasteiger partial charge in [0.2, 0.25) is 0 Å². The van der Waals surface area contributed by atoms with Crippen LogP contribution >= 0.6 is 0 Å². The number of hydrogen-bond acceptors (Lipinski definition) is 1. The smallest absolute Gasteiger partial charge is 0.0392 e. The minimum Gasteiger partial charge on any atom is -0.383 e. The van der Waals surface area contributed by atoms with Gasteiger partial charge in [0.25, 0.3) is 0 Å². The van der Waals surface area contributed by atoms with Crippen molar-refractivity contribution in [2.75, 3.05) is 14.1 Å². The van der Waals surface area contributed by atoms with E-state index in [-0.39, 0.29) is 0 Å². The first-order valence-electron chi connectivity index (χ1n) is 5.46. The first-order chi connectivity index (χ1) is 7.02. The number of benzene rings is 1. The van der Waals surface area contributed by atoms with E-state index in [1.165, 1.54) is 16.3 Å². The zero-order chi connectivity index (χ0) is 11.4. The Hall–Kier alpha value is -1.02. The van der Waals surface area contributed by atoms with Crippen molar-refractivity contribution in [3.05, 3.63) is 36.0 Å². The third-order valence-electron chi connectivity index (χ3n) is 2.48. The van der Waals surface area contributed by atoms with Crippen molar-refractivity contribution in [3.8, 4) is 0 Å². The van der Waals surface area contributed by atoms with E-state index >= 15 is 0 Å². The zero-order valence-electron chi connectivity index (χ0n) is 10.4. The molecule has 0 atom stereocenters. The topological polar surface area (TPSA) is 3.24 Å². The van der Waals surface area contributed by atoms with E-state index in [4.69, 9.17) is 0 Å². The lowest BCUT2D eigenvalue weighted by Crippen LogP contribution is -2.13. The van der Waals surface area contributed by atoms with Crippen molar-refractivity contribution in [2.24, 2.45) is 5.92 Å². The van der Waals surface area contributed by atoms with Crippen LogP contribution in [0.4, 0.5) is 0 Å². The number of allylic oxidation sites excluding steroid dienone is 1. The van der Waals surface area contributed by atoms with Gasteiger partial charge in [0.15, 0.2) is 0 Å². The second-order valence-corrected chi connectivity index (χ2v) is 5.60. The summed E-state index contributed by atoms with van der Waals surface area (Å²) in [7, 11) is 5.27. The molecule has 1 nitrogen and oxygen atoms in total. The molecule has 0 aliphatic heterocycles. The van der Waals surface area contributed by atoms with E-state index in [1.807, 2.05) is 0 Å². The highest BCUT2D eigenvalue weighted by atomic mass is 28.1. The molecule has 0 saturated heterocycles. The molecule has 0 radical (unpaired) electrons. The fourth-order valence-corrected chi connectivity index (χ4v) is 2.35. The van der Waals surface area contributed by atoms with E-state index in [9.17, 15) is 0 Å². The van der Waals surface area contributed by atoms with E-state index in [1.54, 1.807) is 0 Å². The van der Waals surface area contributed by atoms with Crippen LogP contribution in [0.3, 0.4) is 0 Å². The molecule has 0 amide bonds. The van der Waals surface area contributed by atoms with Crippen molar-refractivity contribution < 1.29 is 0 Å². The molecule has 1 aromatic carbocycles. The van der Waals surface area contributed by atoms with Crippen LogP contribution in [0.15, 0.2) is 30.5 Å². The fraction of sp³-hybridized carbons (Fsp3) is 0.385. The van der Waals surface area contributed by atoms with Crippen LogP contribution in [0.25, 0.3) is 5.57 Å². The number of hydrogen-bond donors (Lipinski definition) is 0. The highest BCUT2D eigenvalue weighted by Gasteiger charge is 2.08. The SMILES string of the molecule is CC(C)C(=CN(C)C)c1ccccc1[SiH3]. The van der Waals surface area contributed by atoms with Gasteiger partial charge in [0.1, 0.15) is 0 Å². The van der Waals surface area contributed by atoms with Crippen LogP contribution in [0.1, 0.15) is 19.4 Å². The molecular weight excluding hydrogens is 198 g/mol. The van der Waals surface area contributed by atoms with Crippen LogP contribution in [0.5, 0.6) is 0 Å². The minimum atomic E-state index is 0.572. The summed E-state index contributed by atoms with van der Waals surface area (Å²) in [5.74, 6) is 0.572. The van der Waals surface area contributed by atoms with Crippen molar-refractivity contribution in [2.45, 2.75) is 13.8 Å². The third-order valence-corrected chi connectivity index (χ3v) is 3.35. The maximum Gasteiger partial charge on any atom is 0.0392 e. The molecule has 0 aliphatic rings. The third kappa shape index (κ3) is 3.24. The standard InChI is InChI=1S/C13H21NSi/c1-10(2)12(9-14(3)4)11-7-5-6-8-13(11)15/h5-10H,1-4,15H3. The Balaban J connectivity index is 3.17. The Morgan fingerprint density at radius 2 is 1.87 bits per heavy atom. The zero-order valence-corrected chi connectivity index (χ0v) is 12.4. The largest absolute Gasteiger partial charge is 0.383 e. The predicted molar refractivity (Wildman–Crippen MR) is 72.5 cm³/mol. The van der Waals surface area contributed by atoms with Crippen LogP contribution < -0.4 is 5.19 Å². The monoisotopic (exact) mass is 219 g/mol. The molecular formula is C13H21NSi. The molecule has 0 spiro atoms. The van der Waals surface area contributed by atoms with Gasteiger partial charge in [-0.05, 0) is 17.1 Å². The van der Waals surface area contributed by atoms with Crippen molar-refractivity contribution in [1.29, 1.82) is 0 Å². The molecule has 15 heavy (non-hydrogen) atoms. The normalized spacial score (nSPS) is 12.2. The quantitative estimate of drug-likeness (QED) is 0.691. The molecule has 0 aliphatic carbocycles. The highest BCUT2D eigenvalue weighted by molar-refractivity contribution is 6.34. The second kappa shape index (κ2) is 5.17. The number of nitrogens with zero attached hydrogens (tertiary/aromatic N) is 1. The van der Waals surface area contributed by atoms with Gasteiger partial charge < -0.3 is 4.90 Å². The molecule has 0 fully saturated rings. The maximum atomic E-state index is 2.25. The minimum absolute atomic E-state index is 0.572. The first-order valence-corrected chi connectivity index (χ1v) is 6.46. The van der Waals surface area contributed by atoms with E-state index in [0.717, 1.165) is 10.2 Å². The van der Waals surface area contributed by atoms with E-state index < -0.39 is 0 Å². The summed E-state index contributed by atoms with van der Waals surface area (Å²) >= 11 is 0. The Labute approximate surface area is 96.2 Å². The summed E-state index contributed by atoms with van der Waals surface area (Å²) in [6, 6.07) is 8.72. The Morgan fingerprint density at radius 1 is 1.27 bits per heavy atom. The summed E-state index contributed by atoms with van der Waals surface area (Å²) in [6.07, 6.45) is 2.24. The van der Waals surface area contributed by atoms with Gasteiger partial charge >= 0.3 is 0 Å². The van der Waals surface area contributed by atoms with Gasteiger partial charge in [-0.15, -0.1) is 0 Å². The van der Waals surface area contributed by atoms with Crippen molar-refractivity contribution in [3.63, 3.8) is 0 Å². The molecule has 1 rings (SSSR count). The maximum absolute atomic E-state index is 2.25. The van der Waals surface area contributed by atoms with Gasteiger partial charge in [-0.2, -0.15) is 0 Å². The molecule has 0 bridgehead atoms. The summed E-state index contributed by atoms with van der Waals surface area (Å²) in [5, 5.41) is 1.49.